The Hall–Kier alpha value is -3.87. The molecule has 1 aliphatic carbocycles. The number of hydrogen-bond donors (Lipinski definition) is 2. The quantitative estimate of drug-likeness (QED) is 0.669. The van der Waals surface area contributed by atoms with Crippen molar-refractivity contribution in [2.75, 3.05) is 17.7 Å². The fourth-order valence-electron chi connectivity index (χ4n) is 4.24. The zero-order valence-electron chi connectivity index (χ0n) is 17.1. The molecule has 1 aromatic heterocycles. The first kappa shape index (κ1) is 19.1. The van der Waals surface area contributed by atoms with Crippen molar-refractivity contribution in [3.05, 3.63) is 83.2 Å². The summed E-state index contributed by atoms with van der Waals surface area (Å²) in [4.78, 5) is 25.9. The number of benzene rings is 2. The van der Waals surface area contributed by atoms with Crippen LogP contribution in [0.4, 0.5) is 11.5 Å². The van der Waals surface area contributed by atoms with E-state index in [0.717, 1.165) is 35.4 Å². The maximum atomic E-state index is 13.0. The highest BCUT2D eigenvalue weighted by atomic mass is 16.5. The summed E-state index contributed by atoms with van der Waals surface area (Å²) in [6, 6.07) is 16.5. The number of nitrogens with one attached hydrogen (secondary N) is 2. The molecule has 0 unspecified atom stereocenters. The number of carbonyl (C=O) groups is 2. The van der Waals surface area contributed by atoms with E-state index in [0.29, 0.717) is 23.5 Å². The number of hydrogen-bond acceptors (Lipinski definition) is 5. The lowest BCUT2D eigenvalue weighted by Crippen LogP contribution is -2.32. The van der Waals surface area contributed by atoms with E-state index in [1.807, 2.05) is 54.6 Å². The van der Waals surface area contributed by atoms with Gasteiger partial charge in [-0.3, -0.25) is 9.59 Å². The van der Waals surface area contributed by atoms with E-state index in [-0.39, 0.29) is 17.7 Å². The second kappa shape index (κ2) is 7.75. The lowest BCUT2D eigenvalue weighted by molar-refractivity contribution is -0.116. The van der Waals surface area contributed by atoms with Crippen LogP contribution in [0.15, 0.2) is 72.1 Å². The molecule has 1 aliphatic heterocycles. The molecule has 0 saturated heterocycles. The van der Waals surface area contributed by atoms with Gasteiger partial charge in [0.25, 0.3) is 5.91 Å². The van der Waals surface area contributed by atoms with Crippen LogP contribution >= 0.6 is 0 Å². The van der Waals surface area contributed by atoms with Crippen molar-refractivity contribution in [1.29, 1.82) is 0 Å². The molecule has 2 heterocycles. The van der Waals surface area contributed by atoms with Gasteiger partial charge in [-0.15, -0.1) is 0 Å². The SMILES string of the molecule is COc1ccc([C@@H]2C3=C(CCCC3=O)Nc3c(C(=O)Nc4ccccc4)cnn32)cc1. The number of para-hydroxylation sites is 1. The first-order chi connectivity index (χ1) is 15.2. The second-order valence-corrected chi connectivity index (χ2v) is 7.64. The third-order valence-electron chi connectivity index (χ3n) is 5.75. The molecule has 3 aromatic rings. The van der Waals surface area contributed by atoms with Crippen molar-refractivity contribution in [2.45, 2.75) is 25.3 Å². The highest BCUT2D eigenvalue weighted by molar-refractivity contribution is 6.08. The van der Waals surface area contributed by atoms with E-state index in [1.165, 1.54) is 0 Å². The monoisotopic (exact) mass is 414 g/mol. The number of ketones is 1. The van der Waals surface area contributed by atoms with Crippen molar-refractivity contribution >= 4 is 23.2 Å². The lowest BCUT2D eigenvalue weighted by Gasteiger charge is -2.33. The van der Waals surface area contributed by atoms with E-state index in [1.54, 1.807) is 18.0 Å². The molecule has 2 aromatic carbocycles. The van der Waals surface area contributed by atoms with Crippen LogP contribution in [0.2, 0.25) is 0 Å². The Morgan fingerprint density at radius 3 is 2.65 bits per heavy atom. The van der Waals surface area contributed by atoms with Gasteiger partial charge >= 0.3 is 0 Å². The van der Waals surface area contributed by atoms with Gasteiger partial charge in [-0.1, -0.05) is 30.3 Å². The first-order valence-corrected chi connectivity index (χ1v) is 10.3. The van der Waals surface area contributed by atoms with Gasteiger partial charge in [0.1, 0.15) is 23.2 Å². The van der Waals surface area contributed by atoms with E-state index in [4.69, 9.17) is 4.74 Å². The molecule has 156 valence electrons. The summed E-state index contributed by atoms with van der Waals surface area (Å²) < 4.78 is 7.02. The van der Waals surface area contributed by atoms with Crippen LogP contribution in [-0.2, 0) is 4.79 Å². The Labute approximate surface area is 179 Å². The molecule has 7 nitrogen and oxygen atoms in total. The molecule has 7 heteroatoms. The molecule has 0 radical (unpaired) electrons. The Balaban J connectivity index is 1.57. The van der Waals surface area contributed by atoms with Gasteiger partial charge < -0.3 is 15.4 Å². The third-order valence-corrected chi connectivity index (χ3v) is 5.75. The number of amides is 1. The van der Waals surface area contributed by atoms with Gasteiger partial charge in [0, 0.05) is 23.4 Å². The van der Waals surface area contributed by atoms with Gasteiger partial charge in [0.15, 0.2) is 5.78 Å². The molecule has 1 atom stereocenters. The molecule has 2 aliphatic rings. The molecular formula is C24H22N4O3. The maximum absolute atomic E-state index is 13.0. The third kappa shape index (κ3) is 3.38. The van der Waals surface area contributed by atoms with Crippen molar-refractivity contribution in [1.82, 2.24) is 9.78 Å². The zero-order valence-corrected chi connectivity index (χ0v) is 17.1. The number of methoxy groups -OCH3 is 1. The Kier molecular flexibility index (Phi) is 4.78. The molecule has 0 spiro atoms. The number of allylic oxidation sites excluding steroid dienone is 2. The Morgan fingerprint density at radius 2 is 1.90 bits per heavy atom. The number of ether oxygens (including phenoxy) is 1. The Bertz CT molecular complexity index is 1180. The van der Waals surface area contributed by atoms with Gasteiger partial charge in [0.05, 0.1) is 13.3 Å². The van der Waals surface area contributed by atoms with Crippen LogP contribution in [0.1, 0.15) is 41.2 Å². The standard InChI is InChI=1S/C24H22N4O3/c1-31-17-12-10-15(11-13-17)22-21-19(8-5-9-20(21)29)27-23-18(14-25-28(22)23)24(30)26-16-6-3-2-4-7-16/h2-4,6-7,10-14,22,27H,5,8-9H2,1H3,(H,26,30)/t22-/m1/s1. The van der Waals surface area contributed by atoms with Crippen molar-refractivity contribution in [3.8, 4) is 5.75 Å². The smallest absolute Gasteiger partial charge is 0.261 e. The van der Waals surface area contributed by atoms with Crippen LogP contribution in [0.25, 0.3) is 0 Å². The number of Topliss-reactive ketones (excluding diaryl/α,β-unsaturated/α-hetero) is 1. The van der Waals surface area contributed by atoms with Crippen molar-refractivity contribution in [3.63, 3.8) is 0 Å². The predicted octanol–water partition coefficient (Wildman–Crippen LogP) is 4.17. The highest BCUT2D eigenvalue weighted by Gasteiger charge is 2.37. The lowest BCUT2D eigenvalue weighted by atomic mass is 9.85. The zero-order chi connectivity index (χ0) is 21.4. The van der Waals surface area contributed by atoms with Crippen LogP contribution < -0.4 is 15.4 Å². The summed E-state index contributed by atoms with van der Waals surface area (Å²) in [6.45, 7) is 0. The fraction of sp³-hybridized carbons (Fsp3) is 0.208. The van der Waals surface area contributed by atoms with Crippen molar-refractivity contribution in [2.24, 2.45) is 0 Å². The van der Waals surface area contributed by atoms with E-state index in [2.05, 4.69) is 15.7 Å². The van der Waals surface area contributed by atoms with Crippen LogP contribution in [0.3, 0.4) is 0 Å². The van der Waals surface area contributed by atoms with Gasteiger partial charge in [-0.2, -0.15) is 5.10 Å². The molecule has 5 rings (SSSR count). The molecule has 1 amide bonds. The number of carbonyl (C=O) groups excluding carboxylic acids is 2. The number of rotatable bonds is 4. The minimum Gasteiger partial charge on any atom is -0.497 e. The molecule has 31 heavy (non-hydrogen) atoms. The summed E-state index contributed by atoms with van der Waals surface area (Å²) in [7, 11) is 1.62. The average molecular weight is 414 g/mol. The maximum Gasteiger partial charge on any atom is 0.261 e. The first-order valence-electron chi connectivity index (χ1n) is 10.3. The number of aromatic nitrogens is 2. The number of anilines is 2. The van der Waals surface area contributed by atoms with E-state index < -0.39 is 0 Å². The number of nitrogens with zero attached hydrogens (tertiary/aromatic N) is 2. The summed E-state index contributed by atoms with van der Waals surface area (Å²) >= 11 is 0. The summed E-state index contributed by atoms with van der Waals surface area (Å²) in [5, 5.41) is 10.8. The Morgan fingerprint density at radius 1 is 1.13 bits per heavy atom. The van der Waals surface area contributed by atoms with Crippen LogP contribution in [0, 0.1) is 0 Å². The highest BCUT2D eigenvalue weighted by Crippen LogP contribution is 2.41. The van der Waals surface area contributed by atoms with Crippen LogP contribution in [-0.4, -0.2) is 28.6 Å². The minimum absolute atomic E-state index is 0.117. The topological polar surface area (TPSA) is 85.2 Å². The van der Waals surface area contributed by atoms with Gasteiger partial charge in [-0.05, 0) is 42.7 Å². The normalized spacial score (nSPS) is 17.5. The molecular weight excluding hydrogens is 392 g/mol. The van der Waals surface area contributed by atoms with E-state index >= 15 is 0 Å². The van der Waals surface area contributed by atoms with Crippen LogP contribution in [0.5, 0.6) is 5.75 Å². The van der Waals surface area contributed by atoms with Gasteiger partial charge in [-0.25, -0.2) is 4.68 Å². The largest absolute Gasteiger partial charge is 0.497 e. The number of fused-ring (bicyclic) bond motifs is 1. The van der Waals surface area contributed by atoms with Crippen molar-refractivity contribution < 1.29 is 14.3 Å². The molecule has 0 fully saturated rings. The van der Waals surface area contributed by atoms with E-state index in [9.17, 15) is 9.59 Å². The molecule has 0 saturated carbocycles. The minimum atomic E-state index is -0.386. The second-order valence-electron chi connectivity index (χ2n) is 7.64. The molecule has 0 bridgehead atoms. The summed E-state index contributed by atoms with van der Waals surface area (Å²) in [6.07, 6.45) is 3.63. The summed E-state index contributed by atoms with van der Waals surface area (Å²) in [5.41, 5.74) is 3.67. The predicted molar refractivity (Wildman–Crippen MR) is 117 cm³/mol. The average Bonchev–Trinajstić information content (AvgIpc) is 3.22. The summed E-state index contributed by atoms with van der Waals surface area (Å²) in [5.74, 6) is 1.21. The fourth-order valence-corrected chi connectivity index (χ4v) is 4.24. The molecule has 2 N–H and O–H groups in total. The van der Waals surface area contributed by atoms with Gasteiger partial charge in [0.2, 0.25) is 0 Å².